The molecule has 0 saturated heterocycles. The predicted molar refractivity (Wildman–Crippen MR) is 63.5 cm³/mol. The van der Waals surface area contributed by atoms with E-state index in [0.29, 0.717) is 6.42 Å². The molecule has 0 radical (unpaired) electrons. The highest BCUT2D eigenvalue weighted by molar-refractivity contribution is 5.73. The van der Waals surface area contributed by atoms with Crippen molar-refractivity contribution in [3.8, 4) is 0 Å². The van der Waals surface area contributed by atoms with Gasteiger partial charge in [0.15, 0.2) is 0 Å². The van der Waals surface area contributed by atoms with Crippen LogP contribution in [0.4, 0.5) is 0 Å². The second-order valence-electron chi connectivity index (χ2n) is 4.22. The molecule has 2 unspecified atom stereocenters. The standard InChI is InChI=1S/C11H20N4O2/c1-4-5-6-9(11(16)17)13-8(2)10-14-12-7-15(10)3/h7-9,13H,4-6H2,1-3H3,(H,16,17). The summed E-state index contributed by atoms with van der Waals surface area (Å²) in [4.78, 5) is 11.1. The zero-order valence-electron chi connectivity index (χ0n) is 10.6. The highest BCUT2D eigenvalue weighted by Gasteiger charge is 2.21. The Morgan fingerprint density at radius 3 is 2.82 bits per heavy atom. The Kier molecular flexibility index (Phi) is 5.09. The van der Waals surface area contributed by atoms with Crippen molar-refractivity contribution in [2.24, 2.45) is 7.05 Å². The van der Waals surface area contributed by atoms with Gasteiger partial charge in [-0.25, -0.2) is 0 Å². The smallest absolute Gasteiger partial charge is 0.320 e. The number of rotatable bonds is 7. The van der Waals surface area contributed by atoms with Crippen LogP contribution in [-0.4, -0.2) is 31.9 Å². The molecular formula is C11H20N4O2. The van der Waals surface area contributed by atoms with Crippen LogP contribution < -0.4 is 5.32 Å². The number of aliphatic carboxylic acids is 1. The fourth-order valence-electron chi connectivity index (χ4n) is 1.75. The van der Waals surface area contributed by atoms with E-state index in [1.165, 1.54) is 0 Å². The summed E-state index contributed by atoms with van der Waals surface area (Å²) >= 11 is 0. The maximum atomic E-state index is 11.1. The zero-order chi connectivity index (χ0) is 12.8. The number of hydrogen-bond donors (Lipinski definition) is 2. The predicted octanol–water partition coefficient (Wildman–Crippen LogP) is 1.11. The van der Waals surface area contributed by atoms with Gasteiger partial charge in [-0.1, -0.05) is 19.8 Å². The van der Waals surface area contributed by atoms with Crippen LogP contribution in [0.15, 0.2) is 6.33 Å². The summed E-state index contributed by atoms with van der Waals surface area (Å²) in [6.07, 6.45) is 4.13. The summed E-state index contributed by atoms with van der Waals surface area (Å²) in [5, 5.41) is 19.9. The Morgan fingerprint density at radius 1 is 1.65 bits per heavy atom. The van der Waals surface area contributed by atoms with Crippen LogP contribution in [0.5, 0.6) is 0 Å². The average molecular weight is 240 g/mol. The third kappa shape index (κ3) is 3.81. The van der Waals surface area contributed by atoms with Gasteiger partial charge in [0.2, 0.25) is 0 Å². The molecule has 0 bridgehead atoms. The van der Waals surface area contributed by atoms with Crippen molar-refractivity contribution in [3.05, 3.63) is 12.2 Å². The number of aryl methyl sites for hydroxylation is 1. The van der Waals surface area contributed by atoms with Crippen molar-refractivity contribution < 1.29 is 9.90 Å². The van der Waals surface area contributed by atoms with Crippen molar-refractivity contribution in [2.45, 2.75) is 45.2 Å². The molecular weight excluding hydrogens is 220 g/mol. The number of hydrogen-bond acceptors (Lipinski definition) is 4. The van der Waals surface area contributed by atoms with E-state index in [2.05, 4.69) is 15.5 Å². The molecule has 17 heavy (non-hydrogen) atoms. The molecule has 0 aliphatic heterocycles. The Labute approximate surface area is 101 Å². The minimum Gasteiger partial charge on any atom is -0.480 e. The molecule has 96 valence electrons. The van der Waals surface area contributed by atoms with E-state index in [1.807, 2.05) is 20.9 Å². The summed E-state index contributed by atoms with van der Waals surface area (Å²) in [5.41, 5.74) is 0. The molecule has 0 aliphatic carbocycles. The maximum absolute atomic E-state index is 11.1. The van der Waals surface area contributed by atoms with Crippen LogP contribution in [-0.2, 0) is 11.8 Å². The summed E-state index contributed by atoms with van der Waals surface area (Å²) in [5.74, 6) is -0.0692. The third-order valence-corrected chi connectivity index (χ3v) is 2.73. The van der Waals surface area contributed by atoms with E-state index in [1.54, 1.807) is 10.9 Å². The average Bonchev–Trinajstić information content (AvgIpc) is 2.70. The molecule has 6 heteroatoms. The molecule has 2 atom stereocenters. The lowest BCUT2D eigenvalue weighted by Crippen LogP contribution is -2.39. The Hall–Kier alpha value is -1.43. The highest BCUT2D eigenvalue weighted by atomic mass is 16.4. The van der Waals surface area contributed by atoms with Crippen LogP contribution in [0.3, 0.4) is 0 Å². The second kappa shape index (κ2) is 6.34. The monoisotopic (exact) mass is 240 g/mol. The van der Waals surface area contributed by atoms with Crippen LogP contribution in [0.2, 0.25) is 0 Å². The zero-order valence-corrected chi connectivity index (χ0v) is 10.6. The number of unbranched alkanes of at least 4 members (excludes halogenated alkanes) is 1. The number of carboxylic acids is 1. The van der Waals surface area contributed by atoms with Gasteiger partial charge in [-0.2, -0.15) is 0 Å². The third-order valence-electron chi connectivity index (χ3n) is 2.73. The van der Waals surface area contributed by atoms with Gasteiger partial charge in [0.05, 0.1) is 6.04 Å². The minimum absolute atomic E-state index is 0.125. The number of carboxylic acid groups (broad SMARTS) is 1. The van der Waals surface area contributed by atoms with Crippen LogP contribution in [0, 0.1) is 0 Å². The van der Waals surface area contributed by atoms with E-state index in [-0.39, 0.29) is 6.04 Å². The first kappa shape index (κ1) is 13.6. The minimum atomic E-state index is -0.813. The number of carbonyl (C=O) groups is 1. The normalized spacial score (nSPS) is 14.5. The largest absolute Gasteiger partial charge is 0.480 e. The van der Waals surface area contributed by atoms with Crippen molar-refractivity contribution >= 4 is 5.97 Å². The summed E-state index contributed by atoms with van der Waals surface area (Å²) in [7, 11) is 1.84. The van der Waals surface area contributed by atoms with Gasteiger partial charge in [0.1, 0.15) is 18.2 Å². The van der Waals surface area contributed by atoms with E-state index < -0.39 is 12.0 Å². The van der Waals surface area contributed by atoms with Gasteiger partial charge in [0, 0.05) is 7.05 Å². The topological polar surface area (TPSA) is 80.0 Å². The van der Waals surface area contributed by atoms with Gasteiger partial charge in [-0.15, -0.1) is 10.2 Å². The highest BCUT2D eigenvalue weighted by Crippen LogP contribution is 2.11. The van der Waals surface area contributed by atoms with E-state index in [0.717, 1.165) is 18.7 Å². The molecule has 0 spiro atoms. The van der Waals surface area contributed by atoms with Gasteiger partial charge >= 0.3 is 5.97 Å². The first-order valence-electron chi connectivity index (χ1n) is 5.89. The first-order chi connectivity index (χ1) is 8.06. The van der Waals surface area contributed by atoms with Gasteiger partial charge in [-0.05, 0) is 13.3 Å². The second-order valence-corrected chi connectivity index (χ2v) is 4.22. The molecule has 0 fully saturated rings. The Morgan fingerprint density at radius 2 is 2.35 bits per heavy atom. The fraction of sp³-hybridized carbons (Fsp3) is 0.727. The summed E-state index contributed by atoms with van der Waals surface area (Å²) < 4.78 is 1.79. The molecule has 1 aromatic rings. The van der Waals surface area contributed by atoms with Gasteiger partial charge < -0.3 is 9.67 Å². The van der Waals surface area contributed by atoms with Crippen molar-refractivity contribution in [1.29, 1.82) is 0 Å². The molecule has 1 heterocycles. The van der Waals surface area contributed by atoms with Crippen LogP contribution in [0.1, 0.15) is 45.0 Å². The van der Waals surface area contributed by atoms with Gasteiger partial charge in [-0.3, -0.25) is 10.1 Å². The molecule has 0 aliphatic rings. The fourth-order valence-corrected chi connectivity index (χ4v) is 1.75. The summed E-state index contributed by atoms with van der Waals surface area (Å²) in [6.45, 7) is 3.94. The van der Waals surface area contributed by atoms with Crippen LogP contribution in [0.25, 0.3) is 0 Å². The van der Waals surface area contributed by atoms with Crippen molar-refractivity contribution in [1.82, 2.24) is 20.1 Å². The Balaban J connectivity index is 2.61. The molecule has 2 N–H and O–H groups in total. The van der Waals surface area contributed by atoms with Crippen molar-refractivity contribution in [2.75, 3.05) is 0 Å². The molecule has 1 aromatic heterocycles. The number of nitrogens with zero attached hydrogens (tertiary/aromatic N) is 3. The van der Waals surface area contributed by atoms with E-state index in [4.69, 9.17) is 5.11 Å². The lowest BCUT2D eigenvalue weighted by Gasteiger charge is -2.19. The molecule has 0 aromatic carbocycles. The summed E-state index contributed by atoms with van der Waals surface area (Å²) in [6, 6.07) is -0.651. The Bertz CT molecular complexity index is 364. The van der Waals surface area contributed by atoms with E-state index >= 15 is 0 Å². The molecule has 0 saturated carbocycles. The molecule has 6 nitrogen and oxygen atoms in total. The number of nitrogens with one attached hydrogen (secondary N) is 1. The maximum Gasteiger partial charge on any atom is 0.320 e. The van der Waals surface area contributed by atoms with Gasteiger partial charge in [0.25, 0.3) is 0 Å². The first-order valence-corrected chi connectivity index (χ1v) is 5.89. The quantitative estimate of drug-likeness (QED) is 0.746. The lowest BCUT2D eigenvalue weighted by molar-refractivity contribution is -0.139. The van der Waals surface area contributed by atoms with Crippen LogP contribution >= 0.6 is 0 Å². The lowest BCUT2D eigenvalue weighted by atomic mass is 10.1. The number of aromatic nitrogens is 3. The van der Waals surface area contributed by atoms with E-state index in [9.17, 15) is 4.79 Å². The van der Waals surface area contributed by atoms with Crippen molar-refractivity contribution in [3.63, 3.8) is 0 Å². The molecule has 1 rings (SSSR count). The SMILES string of the molecule is CCCCC(NC(C)c1nncn1C)C(=O)O. The molecule has 0 amide bonds.